The summed E-state index contributed by atoms with van der Waals surface area (Å²) in [5.74, 6) is 0.815. The molecule has 0 saturated heterocycles. The van der Waals surface area contributed by atoms with Crippen molar-refractivity contribution in [1.82, 2.24) is 4.90 Å². The molecular weight excluding hydrogens is 172 g/mol. The van der Waals surface area contributed by atoms with Crippen LogP contribution in [-0.2, 0) is 0 Å². The second-order valence-corrected chi connectivity index (χ2v) is 4.38. The topological polar surface area (TPSA) is 29.3 Å². The lowest BCUT2D eigenvalue weighted by Gasteiger charge is -2.30. The third-order valence-corrected chi connectivity index (χ3v) is 3.10. The lowest BCUT2D eigenvalue weighted by molar-refractivity contribution is 0.179. The van der Waals surface area contributed by atoms with E-state index in [9.17, 15) is 0 Å². The first-order chi connectivity index (χ1) is 6.65. The van der Waals surface area contributed by atoms with E-state index in [0.29, 0.717) is 6.04 Å². The maximum Gasteiger partial charge on any atom is 0.00673 e. The van der Waals surface area contributed by atoms with E-state index in [-0.39, 0.29) is 0 Å². The molecule has 2 nitrogen and oxygen atoms in total. The van der Waals surface area contributed by atoms with Crippen LogP contribution in [-0.4, -0.2) is 30.6 Å². The molecule has 0 aliphatic carbocycles. The van der Waals surface area contributed by atoms with Gasteiger partial charge in [0.2, 0.25) is 0 Å². The molecule has 0 bridgehead atoms. The molecule has 0 aromatic rings. The van der Waals surface area contributed by atoms with Gasteiger partial charge in [-0.1, -0.05) is 27.2 Å². The van der Waals surface area contributed by atoms with Crippen molar-refractivity contribution in [2.24, 2.45) is 11.7 Å². The van der Waals surface area contributed by atoms with Crippen LogP contribution < -0.4 is 5.73 Å². The van der Waals surface area contributed by atoms with Crippen LogP contribution in [0.2, 0.25) is 0 Å². The quantitative estimate of drug-likeness (QED) is 0.652. The Morgan fingerprint density at radius 2 is 1.86 bits per heavy atom. The molecule has 0 rings (SSSR count). The van der Waals surface area contributed by atoms with Crippen LogP contribution in [0.5, 0.6) is 0 Å². The summed E-state index contributed by atoms with van der Waals surface area (Å²) in [6, 6.07) is 0.692. The molecule has 0 aliphatic rings. The van der Waals surface area contributed by atoms with Crippen molar-refractivity contribution in [3.05, 3.63) is 0 Å². The molecule has 0 aliphatic heterocycles. The summed E-state index contributed by atoms with van der Waals surface area (Å²) in [6.45, 7) is 12.4. The first-order valence-electron chi connectivity index (χ1n) is 6.09. The highest BCUT2D eigenvalue weighted by Gasteiger charge is 2.13. The third kappa shape index (κ3) is 5.61. The highest BCUT2D eigenvalue weighted by atomic mass is 15.1. The summed E-state index contributed by atoms with van der Waals surface area (Å²) in [7, 11) is 0. The van der Waals surface area contributed by atoms with Gasteiger partial charge in [-0.15, -0.1) is 0 Å². The molecule has 14 heavy (non-hydrogen) atoms. The number of nitrogens with two attached hydrogens (primary N) is 1. The van der Waals surface area contributed by atoms with E-state index in [1.807, 2.05) is 0 Å². The second kappa shape index (κ2) is 8.25. The summed E-state index contributed by atoms with van der Waals surface area (Å²) >= 11 is 0. The van der Waals surface area contributed by atoms with Crippen molar-refractivity contribution in [3.8, 4) is 0 Å². The van der Waals surface area contributed by atoms with E-state index in [1.54, 1.807) is 0 Å². The summed E-state index contributed by atoms with van der Waals surface area (Å²) in [4.78, 5) is 2.57. The van der Waals surface area contributed by atoms with Gasteiger partial charge in [-0.25, -0.2) is 0 Å². The normalized spacial score (nSPS) is 15.9. The monoisotopic (exact) mass is 200 g/mol. The Bertz CT molecular complexity index is 125. The largest absolute Gasteiger partial charge is 0.330 e. The summed E-state index contributed by atoms with van der Waals surface area (Å²) in [6.07, 6.45) is 3.67. The molecule has 0 aromatic heterocycles. The Balaban J connectivity index is 3.85. The molecule has 2 heteroatoms. The van der Waals surface area contributed by atoms with E-state index in [1.165, 1.54) is 19.4 Å². The van der Waals surface area contributed by atoms with E-state index in [4.69, 9.17) is 5.73 Å². The summed E-state index contributed by atoms with van der Waals surface area (Å²) < 4.78 is 0. The predicted molar refractivity (Wildman–Crippen MR) is 64.5 cm³/mol. The zero-order valence-electron chi connectivity index (χ0n) is 10.4. The van der Waals surface area contributed by atoms with Gasteiger partial charge in [0.25, 0.3) is 0 Å². The van der Waals surface area contributed by atoms with Crippen molar-refractivity contribution in [1.29, 1.82) is 0 Å². The third-order valence-electron chi connectivity index (χ3n) is 3.10. The van der Waals surface area contributed by atoms with Gasteiger partial charge in [0.1, 0.15) is 0 Å². The second-order valence-electron chi connectivity index (χ2n) is 4.38. The Kier molecular flexibility index (Phi) is 8.20. The molecule has 0 amide bonds. The molecule has 2 atom stereocenters. The molecule has 86 valence electrons. The lowest BCUT2D eigenvalue weighted by Crippen LogP contribution is -2.36. The first-order valence-corrected chi connectivity index (χ1v) is 6.09. The van der Waals surface area contributed by atoms with E-state index >= 15 is 0 Å². The maximum absolute atomic E-state index is 5.53. The summed E-state index contributed by atoms with van der Waals surface area (Å²) in [5.41, 5.74) is 5.53. The minimum atomic E-state index is 0.692. The van der Waals surface area contributed by atoms with Gasteiger partial charge in [-0.2, -0.15) is 0 Å². The van der Waals surface area contributed by atoms with Gasteiger partial charge < -0.3 is 10.6 Å². The highest BCUT2D eigenvalue weighted by molar-refractivity contribution is 4.68. The summed E-state index contributed by atoms with van der Waals surface area (Å²) in [5, 5.41) is 0. The molecule has 2 unspecified atom stereocenters. The standard InChI is InChI=1S/C12H28N2/c1-5-11(3)10-14(6-2)12(4)8-7-9-13/h11-12H,5-10,13H2,1-4H3. The van der Waals surface area contributed by atoms with Crippen molar-refractivity contribution >= 4 is 0 Å². The Morgan fingerprint density at radius 1 is 1.21 bits per heavy atom. The van der Waals surface area contributed by atoms with Crippen LogP contribution in [0.15, 0.2) is 0 Å². The predicted octanol–water partition coefficient (Wildman–Crippen LogP) is 2.48. The maximum atomic E-state index is 5.53. The van der Waals surface area contributed by atoms with Crippen LogP contribution in [0.3, 0.4) is 0 Å². The number of rotatable bonds is 8. The lowest BCUT2D eigenvalue weighted by atomic mass is 10.1. The number of hydrogen-bond acceptors (Lipinski definition) is 2. The van der Waals surface area contributed by atoms with E-state index < -0.39 is 0 Å². The van der Waals surface area contributed by atoms with Gasteiger partial charge in [0.05, 0.1) is 0 Å². The SMILES string of the molecule is CCC(C)CN(CC)C(C)CCCN. The fourth-order valence-corrected chi connectivity index (χ4v) is 1.75. The van der Waals surface area contributed by atoms with Gasteiger partial charge in [-0.3, -0.25) is 0 Å². The molecular formula is C12H28N2. The number of nitrogens with zero attached hydrogens (tertiary/aromatic N) is 1. The Hall–Kier alpha value is -0.0800. The van der Waals surface area contributed by atoms with E-state index in [2.05, 4.69) is 32.6 Å². The minimum absolute atomic E-state index is 0.692. The van der Waals surface area contributed by atoms with Crippen LogP contribution >= 0.6 is 0 Å². The fourth-order valence-electron chi connectivity index (χ4n) is 1.75. The molecule has 0 aromatic carbocycles. The van der Waals surface area contributed by atoms with Crippen LogP contribution in [0.4, 0.5) is 0 Å². The van der Waals surface area contributed by atoms with Crippen LogP contribution in [0.1, 0.15) is 47.0 Å². The van der Waals surface area contributed by atoms with Gasteiger partial charge in [0.15, 0.2) is 0 Å². The first kappa shape index (κ1) is 13.9. The van der Waals surface area contributed by atoms with Crippen LogP contribution in [0, 0.1) is 5.92 Å². The zero-order valence-corrected chi connectivity index (χ0v) is 10.4. The van der Waals surface area contributed by atoms with Crippen molar-refractivity contribution in [2.45, 2.75) is 53.0 Å². The molecule has 2 N–H and O–H groups in total. The van der Waals surface area contributed by atoms with Gasteiger partial charge >= 0.3 is 0 Å². The van der Waals surface area contributed by atoms with Gasteiger partial charge in [0, 0.05) is 12.6 Å². The molecule has 0 fully saturated rings. The average Bonchev–Trinajstić information content (AvgIpc) is 2.21. The molecule has 0 heterocycles. The van der Waals surface area contributed by atoms with Crippen molar-refractivity contribution in [2.75, 3.05) is 19.6 Å². The molecule has 0 saturated carbocycles. The van der Waals surface area contributed by atoms with E-state index in [0.717, 1.165) is 25.4 Å². The average molecular weight is 200 g/mol. The number of hydrogen-bond donors (Lipinski definition) is 1. The fraction of sp³-hybridized carbons (Fsp3) is 1.00. The minimum Gasteiger partial charge on any atom is -0.330 e. The molecule has 0 spiro atoms. The van der Waals surface area contributed by atoms with Crippen molar-refractivity contribution in [3.63, 3.8) is 0 Å². The zero-order chi connectivity index (χ0) is 11.0. The smallest absolute Gasteiger partial charge is 0.00673 e. The molecule has 0 radical (unpaired) electrons. The highest BCUT2D eigenvalue weighted by Crippen LogP contribution is 2.10. The van der Waals surface area contributed by atoms with Crippen LogP contribution in [0.25, 0.3) is 0 Å². The Labute approximate surface area is 89.9 Å². The van der Waals surface area contributed by atoms with Crippen molar-refractivity contribution < 1.29 is 0 Å². The van der Waals surface area contributed by atoms with Gasteiger partial charge in [-0.05, 0) is 38.8 Å². The Morgan fingerprint density at radius 3 is 2.29 bits per heavy atom.